The Balaban J connectivity index is 1.83. The SMILES string of the molecule is C#CC[C@@]12CCC=C1CC1(CC2)OCCO1. The Hall–Kier alpha value is -0.780. The lowest BCUT2D eigenvalue weighted by molar-refractivity contribution is -0.176. The molecule has 86 valence electrons. The minimum Gasteiger partial charge on any atom is -0.347 e. The Bertz CT molecular complexity index is 357. The summed E-state index contributed by atoms with van der Waals surface area (Å²) in [6, 6.07) is 0. The third-order valence-electron chi connectivity index (χ3n) is 4.39. The Morgan fingerprint density at radius 3 is 2.81 bits per heavy atom. The van der Waals surface area contributed by atoms with E-state index >= 15 is 0 Å². The van der Waals surface area contributed by atoms with Gasteiger partial charge in [0.1, 0.15) is 0 Å². The average Bonchev–Trinajstić information content (AvgIpc) is 2.88. The second kappa shape index (κ2) is 3.61. The van der Waals surface area contributed by atoms with E-state index in [-0.39, 0.29) is 11.2 Å². The first-order chi connectivity index (χ1) is 7.79. The molecule has 0 aromatic heterocycles. The first-order valence-electron chi connectivity index (χ1n) is 6.20. The van der Waals surface area contributed by atoms with Gasteiger partial charge in [0.15, 0.2) is 5.79 Å². The van der Waals surface area contributed by atoms with Crippen LogP contribution >= 0.6 is 0 Å². The molecule has 2 fully saturated rings. The van der Waals surface area contributed by atoms with E-state index < -0.39 is 0 Å². The van der Waals surface area contributed by atoms with Gasteiger partial charge in [-0.2, -0.15) is 0 Å². The fraction of sp³-hybridized carbons (Fsp3) is 0.714. The van der Waals surface area contributed by atoms with Crippen molar-refractivity contribution in [2.24, 2.45) is 5.41 Å². The van der Waals surface area contributed by atoms with E-state index in [1.807, 2.05) is 0 Å². The molecule has 1 saturated carbocycles. The van der Waals surface area contributed by atoms with Gasteiger partial charge in [-0.05, 0) is 19.3 Å². The molecule has 1 atom stereocenters. The topological polar surface area (TPSA) is 18.5 Å². The van der Waals surface area contributed by atoms with Crippen molar-refractivity contribution in [3.63, 3.8) is 0 Å². The van der Waals surface area contributed by atoms with Gasteiger partial charge in [-0.3, -0.25) is 0 Å². The van der Waals surface area contributed by atoms with Gasteiger partial charge in [-0.15, -0.1) is 12.3 Å². The zero-order valence-electron chi connectivity index (χ0n) is 9.63. The molecule has 3 aliphatic rings. The molecule has 0 radical (unpaired) electrons. The van der Waals surface area contributed by atoms with E-state index in [1.165, 1.54) is 18.4 Å². The second-order valence-corrected chi connectivity index (χ2v) is 5.21. The Labute approximate surface area is 97.0 Å². The molecule has 0 aromatic carbocycles. The molecule has 1 aliphatic heterocycles. The molecule has 0 unspecified atom stereocenters. The van der Waals surface area contributed by atoms with Gasteiger partial charge in [0.25, 0.3) is 0 Å². The molecule has 3 rings (SSSR count). The molecule has 1 spiro atoms. The molecule has 0 aromatic rings. The number of hydrogen-bond acceptors (Lipinski definition) is 2. The van der Waals surface area contributed by atoms with Gasteiger partial charge < -0.3 is 9.47 Å². The van der Waals surface area contributed by atoms with Crippen molar-refractivity contribution in [1.29, 1.82) is 0 Å². The Morgan fingerprint density at radius 1 is 1.25 bits per heavy atom. The molecule has 1 saturated heterocycles. The van der Waals surface area contributed by atoms with Crippen LogP contribution in [0.1, 0.15) is 38.5 Å². The molecular formula is C14H18O2. The van der Waals surface area contributed by atoms with Crippen LogP contribution < -0.4 is 0 Å². The first-order valence-corrected chi connectivity index (χ1v) is 6.20. The fourth-order valence-corrected chi connectivity index (χ4v) is 3.48. The second-order valence-electron chi connectivity index (χ2n) is 5.21. The lowest BCUT2D eigenvalue weighted by Gasteiger charge is -2.43. The highest BCUT2D eigenvalue weighted by Gasteiger charge is 2.49. The van der Waals surface area contributed by atoms with E-state index in [9.17, 15) is 0 Å². The molecule has 0 bridgehead atoms. The van der Waals surface area contributed by atoms with Gasteiger partial charge in [0, 0.05) is 24.7 Å². The van der Waals surface area contributed by atoms with Crippen LogP contribution in [0.4, 0.5) is 0 Å². The summed E-state index contributed by atoms with van der Waals surface area (Å²) in [7, 11) is 0. The summed E-state index contributed by atoms with van der Waals surface area (Å²) in [5.41, 5.74) is 1.79. The van der Waals surface area contributed by atoms with Crippen LogP contribution in [0.2, 0.25) is 0 Å². The Morgan fingerprint density at radius 2 is 2.06 bits per heavy atom. The molecule has 2 heteroatoms. The van der Waals surface area contributed by atoms with Crippen LogP contribution in [0.3, 0.4) is 0 Å². The number of hydrogen-bond donors (Lipinski definition) is 0. The minimum absolute atomic E-state index is 0.287. The fourth-order valence-electron chi connectivity index (χ4n) is 3.48. The van der Waals surface area contributed by atoms with Crippen molar-refractivity contribution in [3.05, 3.63) is 11.6 Å². The minimum atomic E-state index is -0.297. The highest BCUT2D eigenvalue weighted by molar-refractivity contribution is 5.27. The van der Waals surface area contributed by atoms with Crippen LogP contribution in [0.15, 0.2) is 11.6 Å². The third kappa shape index (κ3) is 1.43. The van der Waals surface area contributed by atoms with Gasteiger partial charge >= 0.3 is 0 Å². The maximum atomic E-state index is 5.80. The zero-order valence-corrected chi connectivity index (χ0v) is 9.63. The molecular weight excluding hydrogens is 200 g/mol. The number of fused-ring (bicyclic) bond motifs is 1. The van der Waals surface area contributed by atoms with Crippen LogP contribution in [-0.2, 0) is 9.47 Å². The maximum absolute atomic E-state index is 5.80. The third-order valence-corrected chi connectivity index (χ3v) is 4.39. The van der Waals surface area contributed by atoms with Gasteiger partial charge in [-0.1, -0.05) is 11.6 Å². The van der Waals surface area contributed by atoms with Gasteiger partial charge in [0.05, 0.1) is 13.2 Å². The van der Waals surface area contributed by atoms with Crippen LogP contribution in [-0.4, -0.2) is 19.0 Å². The van der Waals surface area contributed by atoms with Crippen molar-refractivity contribution >= 4 is 0 Å². The van der Waals surface area contributed by atoms with Crippen molar-refractivity contribution in [3.8, 4) is 12.3 Å². The van der Waals surface area contributed by atoms with E-state index in [1.54, 1.807) is 0 Å². The van der Waals surface area contributed by atoms with Crippen LogP contribution in [0, 0.1) is 17.8 Å². The van der Waals surface area contributed by atoms with Crippen LogP contribution in [0.25, 0.3) is 0 Å². The van der Waals surface area contributed by atoms with E-state index in [2.05, 4.69) is 12.0 Å². The highest BCUT2D eigenvalue weighted by atomic mass is 16.7. The largest absolute Gasteiger partial charge is 0.347 e. The summed E-state index contributed by atoms with van der Waals surface area (Å²) in [6.45, 7) is 1.49. The quantitative estimate of drug-likeness (QED) is 0.497. The monoisotopic (exact) mass is 218 g/mol. The summed E-state index contributed by atoms with van der Waals surface area (Å²) in [6.07, 6.45) is 14.2. The predicted molar refractivity (Wildman–Crippen MR) is 61.7 cm³/mol. The molecule has 2 nitrogen and oxygen atoms in total. The van der Waals surface area contributed by atoms with Crippen molar-refractivity contribution in [1.82, 2.24) is 0 Å². The summed E-state index contributed by atoms with van der Waals surface area (Å²) in [5, 5.41) is 0. The van der Waals surface area contributed by atoms with Gasteiger partial charge in [-0.25, -0.2) is 0 Å². The number of allylic oxidation sites excluding steroid dienone is 1. The predicted octanol–water partition coefficient (Wildman–Crippen LogP) is 2.64. The van der Waals surface area contributed by atoms with E-state index in [4.69, 9.17) is 15.9 Å². The zero-order chi connectivity index (χ0) is 11.1. The Kier molecular flexibility index (Phi) is 2.34. The smallest absolute Gasteiger partial charge is 0.172 e. The van der Waals surface area contributed by atoms with E-state index in [0.29, 0.717) is 0 Å². The number of rotatable bonds is 1. The summed E-state index contributed by atoms with van der Waals surface area (Å²) in [4.78, 5) is 0. The highest BCUT2D eigenvalue weighted by Crippen LogP contribution is 2.55. The van der Waals surface area contributed by atoms with Gasteiger partial charge in [0.2, 0.25) is 0 Å². The molecule has 2 aliphatic carbocycles. The standard InChI is InChI=1S/C14H18O2/c1-2-5-13-6-3-4-12(13)11-14(8-7-13)15-9-10-16-14/h1,4H,3,5-11H2/t13-/m0/s1. The number of ether oxygens (including phenoxy) is 2. The lowest BCUT2D eigenvalue weighted by atomic mass is 9.67. The summed E-state index contributed by atoms with van der Waals surface area (Å²) < 4.78 is 11.6. The number of terminal acetylenes is 1. The van der Waals surface area contributed by atoms with Crippen molar-refractivity contribution in [2.45, 2.75) is 44.3 Å². The lowest BCUT2D eigenvalue weighted by Crippen LogP contribution is -2.40. The van der Waals surface area contributed by atoms with E-state index in [0.717, 1.165) is 38.9 Å². The molecule has 0 amide bonds. The normalized spacial score (nSPS) is 35.8. The average molecular weight is 218 g/mol. The summed E-state index contributed by atoms with van der Waals surface area (Å²) >= 11 is 0. The maximum Gasteiger partial charge on any atom is 0.172 e. The van der Waals surface area contributed by atoms with Crippen molar-refractivity contribution < 1.29 is 9.47 Å². The van der Waals surface area contributed by atoms with Crippen molar-refractivity contribution in [2.75, 3.05) is 13.2 Å². The molecule has 16 heavy (non-hydrogen) atoms. The summed E-state index contributed by atoms with van der Waals surface area (Å²) in [5.74, 6) is 2.56. The van der Waals surface area contributed by atoms with Crippen LogP contribution in [0.5, 0.6) is 0 Å². The molecule has 1 heterocycles. The first kappa shape index (κ1) is 10.4. The molecule has 0 N–H and O–H groups in total.